The summed E-state index contributed by atoms with van der Waals surface area (Å²) in [6.45, 7) is 2.87. The van der Waals surface area contributed by atoms with E-state index in [0.29, 0.717) is 22.5 Å². The summed E-state index contributed by atoms with van der Waals surface area (Å²) in [6, 6.07) is 5.13. The highest BCUT2D eigenvalue weighted by Crippen LogP contribution is 2.17. The van der Waals surface area contributed by atoms with Gasteiger partial charge >= 0.3 is 0 Å². The van der Waals surface area contributed by atoms with Crippen molar-refractivity contribution in [2.24, 2.45) is 0 Å². The van der Waals surface area contributed by atoms with Crippen LogP contribution in [0.25, 0.3) is 11.0 Å². The monoisotopic (exact) mass is 236 g/mol. The zero-order chi connectivity index (χ0) is 12.1. The molecular weight excluding hydrogens is 220 g/mol. The highest BCUT2D eigenvalue weighted by molar-refractivity contribution is 5.71. The minimum Gasteiger partial charge on any atom is -0.493 e. The van der Waals surface area contributed by atoms with Crippen LogP contribution < -0.4 is 9.64 Å². The van der Waals surface area contributed by atoms with E-state index in [2.05, 4.69) is 16.7 Å². The van der Waals surface area contributed by atoms with Gasteiger partial charge in [0.2, 0.25) is 5.52 Å². The number of aromatic nitrogens is 2. The van der Waals surface area contributed by atoms with E-state index in [1.165, 1.54) is 19.3 Å². The molecule has 1 aromatic carbocycles. The molecule has 0 amide bonds. The van der Waals surface area contributed by atoms with Crippen molar-refractivity contribution in [3.8, 4) is 5.75 Å². The molecule has 92 valence electrons. The predicted molar refractivity (Wildman–Crippen MR) is 62.6 cm³/mol. The molecule has 0 bridgehead atoms. The Morgan fingerprint density at radius 1 is 1.35 bits per heavy atom. The molecule has 0 N–H and O–H groups in total. The van der Waals surface area contributed by atoms with Gasteiger partial charge in [0.15, 0.2) is 0 Å². The van der Waals surface area contributed by atoms with Gasteiger partial charge in [-0.15, -0.1) is 0 Å². The first-order valence-electron chi connectivity index (χ1n) is 5.93. The predicted octanol–water partition coefficient (Wildman–Crippen LogP) is 2.42. The van der Waals surface area contributed by atoms with Gasteiger partial charge < -0.3 is 9.94 Å². The third kappa shape index (κ3) is 2.87. The third-order valence-electron chi connectivity index (χ3n) is 2.62. The van der Waals surface area contributed by atoms with Gasteiger partial charge in [-0.25, -0.2) is 0 Å². The second kappa shape index (κ2) is 5.52. The second-order valence-corrected chi connectivity index (χ2v) is 3.99. The summed E-state index contributed by atoms with van der Waals surface area (Å²) < 4.78 is 10.1. The maximum Gasteiger partial charge on any atom is 0.252 e. The molecule has 0 saturated heterocycles. The van der Waals surface area contributed by atoms with Crippen LogP contribution in [0, 0.1) is 5.21 Å². The summed E-state index contributed by atoms with van der Waals surface area (Å²) in [7, 11) is 0. The lowest BCUT2D eigenvalue weighted by Crippen LogP contribution is -2.22. The fraction of sp³-hybridized carbons (Fsp3) is 0.500. The molecule has 0 radical (unpaired) electrons. The van der Waals surface area contributed by atoms with E-state index in [1.54, 1.807) is 18.2 Å². The van der Waals surface area contributed by atoms with Crippen LogP contribution in [0.15, 0.2) is 22.8 Å². The van der Waals surface area contributed by atoms with Gasteiger partial charge in [0.05, 0.1) is 6.61 Å². The summed E-state index contributed by atoms with van der Waals surface area (Å²) in [5, 5.41) is 14.7. The SMILES string of the molecule is CCCCCCOc1ccc2c(c1)no[n+]2[O-]. The molecule has 0 spiro atoms. The zero-order valence-corrected chi connectivity index (χ0v) is 9.89. The Bertz CT molecular complexity index is 482. The minimum absolute atomic E-state index is 0.389. The number of fused-ring (bicyclic) bond motifs is 1. The first kappa shape index (κ1) is 11.7. The van der Waals surface area contributed by atoms with Crippen LogP contribution >= 0.6 is 0 Å². The summed E-state index contributed by atoms with van der Waals surface area (Å²) in [4.78, 5) is 0.389. The number of unbranched alkanes of at least 4 members (excludes halogenated alkanes) is 3. The van der Waals surface area contributed by atoms with Crippen molar-refractivity contribution in [2.45, 2.75) is 32.6 Å². The molecule has 1 heterocycles. The summed E-state index contributed by atoms with van der Waals surface area (Å²) in [5.74, 6) is 0.725. The Morgan fingerprint density at radius 2 is 2.24 bits per heavy atom. The fourth-order valence-electron chi connectivity index (χ4n) is 1.66. The zero-order valence-electron chi connectivity index (χ0n) is 9.89. The smallest absolute Gasteiger partial charge is 0.252 e. The quantitative estimate of drug-likeness (QED) is 0.570. The van der Waals surface area contributed by atoms with E-state index >= 15 is 0 Å². The van der Waals surface area contributed by atoms with Crippen molar-refractivity contribution in [1.82, 2.24) is 5.16 Å². The number of nitrogens with zero attached hydrogens (tertiary/aromatic N) is 2. The Balaban J connectivity index is 1.91. The number of rotatable bonds is 6. The average molecular weight is 236 g/mol. The fourth-order valence-corrected chi connectivity index (χ4v) is 1.66. The van der Waals surface area contributed by atoms with Crippen molar-refractivity contribution in [2.75, 3.05) is 6.61 Å². The van der Waals surface area contributed by atoms with Gasteiger partial charge in [0.1, 0.15) is 5.75 Å². The summed E-state index contributed by atoms with van der Waals surface area (Å²) >= 11 is 0. The number of hydrogen-bond donors (Lipinski definition) is 0. The average Bonchev–Trinajstić information content (AvgIpc) is 2.71. The van der Waals surface area contributed by atoms with Crippen molar-refractivity contribution in [3.63, 3.8) is 0 Å². The molecule has 5 heteroatoms. The number of hydrogen-bond acceptors (Lipinski definition) is 4. The van der Waals surface area contributed by atoms with E-state index in [4.69, 9.17) is 4.74 Å². The van der Waals surface area contributed by atoms with Gasteiger partial charge in [0.25, 0.3) is 5.52 Å². The molecular formula is C12H16N2O3. The van der Waals surface area contributed by atoms with Crippen LogP contribution in [-0.4, -0.2) is 11.8 Å². The molecule has 0 fully saturated rings. The Labute approximate surface area is 99.5 Å². The van der Waals surface area contributed by atoms with Gasteiger partial charge in [-0.1, -0.05) is 26.2 Å². The summed E-state index contributed by atoms with van der Waals surface area (Å²) in [6.07, 6.45) is 4.69. The first-order valence-corrected chi connectivity index (χ1v) is 5.93. The molecule has 0 aliphatic rings. The van der Waals surface area contributed by atoms with Crippen LogP contribution in [0.5, 0.6) is 5.75 Å². The Hall–Kier alpha value is -1.78. The normalized spacial score (nSPS) is 10.9. The van der Waals surface area contributed by atoms with Crippen molar-refractivity contribution < 1.29 is 14.3 Å². The van der Waals surface area contributed by atoms with E-state index < -0.39 is 0 Å². The largest absolute Gasteiger partial charge is 0.493 e. The standard InChI is InChI=1S/C12H16N2O3/c1-2-3-4-5-8-16-10-6-7-12-11(9-10)13-17-14(12)15/h6-7,9H,2-5,8H2,1H3. The molecule has 17 heavy (non-hydrogen) atoms. The lowest BCUT2D eigenvalue weighted by molar-refractivity contribution is -0.782. The van der Waals surface area contributed by atoms with Crippen LogP contribution in [0.1, 0.15) is 32.6 Å². The molecule has 5 nitrogen and oxygen atoms in total. The molecule has 0 unspecified atom stereocenters. The molecule has 0 aliphatic carbocycles. The molecule has 0 saturated carbocycles. The maximum absolute atomic E-state index is 11.1. The van der Waals surface area contributed by atoms with Gasteiger partial charge in [0, 0.05) is 11.2 Å². The van der Waals surface area contributed by atoms with Crippen molar-refractivity contribution in [3.05, 3.63) is 23.4 Å². The van der Waals surface area contributed by atoms with E-state index in [0.717, 1.165) is 12.2 Å². The Kier molecular flexibility index (Phi) is 3.80. The summed E-state index contributed by atoms with van der Waals surface area (Å²) in [5.41, 5.74) is 0.939. The van der Waals surface area contributed by atoms with Crippen LogP contribution in [-0.2, 0) is 0 Å². The van der Waals surface area contributed by atoms with E-state index in [-0.39, 0.29) is 0 Å². The van der Waals surface area contributed by atoms with Crippen LogP contribution in [0.3, 0.4) is 0 Å². The van der Waals surface area contributed by atoms with E-state index in [1.807, 2.05) is 0 Å². The maximum atomic E-state index is 11.1. The van der Waals surface area contributed by atoms with Crippen LogP contribution in [0.2, 0.25) is 0 Å². The lowest BCUT2D eigenvalue weighted by Gasteiger charge is -2.04. The highest BCUT2D eigenvalue weighted by Gasteiger charge is 2.09. The Morgan fingerprint density at radius 3 is 3.06 bits per heavy atom. The number of ether oxygens (including phenoxy) is 1. The lowest BCUT2D eigenvalue weighted by atomic mass is 10.2. The van der Waals surface area contributed by atoms with Crippen LogP contribution in [0.4, 0.5) is 0 Å². The van der Waals surface area contributed by atoms with Gasteiger partial charge in [-0.3, -0.25) is 4.63 Å². The molecule has 0 atom stereocenters. The molecule has 2 rings (SSSR count). The van der Waals surface area contributed by atoms with Crippen molar-refractivity contribution >= 4 is 11.0 Å². The van der Waals surface area contributed by atoms with E-state index in [9.17, 15) is 5.21 Å². The highest BCUT2D eigenvalue weighted by atomic mass is 16.8. The van der Waals surface area contributed by atoms with Gasteiger partial charge in [-0.05, 0) is 23.5 Å². The molecule has 0 aliphatic heterocycles. The topological polar surface area (TPSA) is 62.2 Å². The van der Waals surface area contributed by atoms with Crippen molar-refractivity contribution in [1.29, 1.82) is 0 Å². The third-order valence-corrected chi connectivity index (χ3v) is 2.62. The molecule has 1 aromatic heterocycles. The second-order valence-electron chi connectivity index (χ2n) is 3.99. The first-order chi connectivity index (χ1) is 8.31. The number of benzene rings is 1. The minimum atomic E-state index is 0.389. The van der Waals surface area contributed by atoms with Gasteiger partial charge in [-0.2, -0.15) is 0 Å². The molecule has 2 aromatic rings.